The summed E-state index contributed by atoms with van der Waals surface area (Å²) in [5.41, 5.74) is 7.04. The first kappa shape index (κ1) is 12.0. The highest BCUT2D eigenvalue weighted by Crippen LogP contribution is 2.18. The second-order valence-electron chi connectivity index (χ2n) is 3.34. The Morgan fingerprint density at radius 1 is 1.20 bits per heavy atom. The Kier molecular flexibility index (Phi) is 5.15. The Labute approximate surface area is 91.2 Å². The normalized spacial score (nSPS) is 12.5. The van der Waals surface area contributed by atoms with Crippen LogP contribution in [0.3, 0.4) is 0 Å². The molecule has 0 aliphatic carbocycles. The van der Waals surface area contributed by atoms with Crippen molar-refractivity contribution in [2.24, 2.45) is 5.73 Å². The van der Waals surface area contributed by atoms with Crippen molar-refractivity contribution in [3.05, 3.63) is 29.8 Å². The Balaban J connectivity index is 2.49. The van der Waals surface area contributed by atoms with Crippen LogP contribution in [-0.2, 0) is 4.74 Å². The van der Waals surface area contributed by atoms with Crippen LogP contribution in [0.15, 0.2) is 24.3 Å². The highest BCUT2D eigenvalue weighted by atomic mass is 16.7. The Hall–Kier alpha value is -1.06. The van der Waals surface area contributed by atoms with Gasteiger partial charge in [-0.25, -0.2) is 0 Å². The zero-order valence-corrected chi connectivity index (χ0v) is 9.40. The van der Waals surface area contributed by atoms with Gasteiger partial charge >= 0.3 is 0 Å². The molecule has 15 heavy (non-hydrogen) atoms. The molecule has 84 valence electrons. The largest absolute Gasteiger partial charge is 0.468 e. The minimum Gasteiger partial charge on any atom is -0.468 e. The molecule has 0 unspecified atom stereocenters. The fourth-order valence-corrected chi connectivity index (χ4v) is 1.24. The van der Waals surface area contributed by atoms with Gasteiger partial charge in [0, 0.05) is 12.6 Å². The van der Waals surface area contributed by atoms with E-state index in [1.165, 1.54) is 0 Å². The van der Waals surface area contributed by atoms with Gasteiger partial charge in [-0.1, -0.05) is 19.1 Å². The summed E-state index contributed by atoms with van der Waals surface area (Å²) in [5, 5.41) is 0. The van der Waals surface area contributed by atoms with Crippen LogP contribution in [0.1, 0.15) is 31.9 Å². The van der Waals surface area contributed by atoms with Crippen molar-refractivity contribution in [3.8, 4) is 5.75 Å². The van der Waals surface area contributed by atoms with Gasteiger partial charge in [-0.05, 0) is 31.0 Å². The van der Waals surface area contributed by atoms with Gasteiger partial charge in [0.2, 0.25) is 0 Å². The molecule has 3 heteroatoms. The lowest BCUT2D eigenvalue weighted by molar-refractivity contribution is 0.0224. The van der Waals surface area contributed by atoms with E-state index in [0.29, 0.717) is 13.4 Å². The van der Waals surface area contributed by atoms with E-state index in [1.807, 2.05) is 31.2 Å². The molecular weight excluding hydrogens is 190 g/mol. The van der Waals surface area contributed by atoms with E-state index in [2.05, 4.69) is 6.92 Å². The maximum Gasteiger partial charge on any atom is 0.189 e. The van der Waals surface area contributed by atoms with E-state index in [1.54, 1.807) is 0 Å². The molecule has 0 heterocycles. The smallest absolute Gasteiger partial charge is 0.189 e. The van der Waals surface area contributed by atoms with E-state index in [0.717, 1.165) is 17.7 Å². The number of ether oxygens (including phenoxy) is 2. The molecular formula is C12H19NO2. The molecule has 2 N–H and O–H groups in total. The predicted molar refractivity (Wildman–Crippen MR) is 60.8 cm³/mol. The molecule has 1 rings (SSSR count). The lowest BCUT2D eigenvalue weighted by Crippen LogP contribution is -2.08. The molecule has 0 spiro atoms. The van der Waals surface area contributed by atoms with Gasteiger partial charge in [0.15, 0.2) is 6.79 Å². The van der Waals surface area contributed by atoms with E-state index in [4.69, 9.17) is 15.2 Å². The molecule has 0 saturated heterocycles. The number of hydrogen-bond donors (Lipinski definition) is 1. The molecule has 0 aliphatic rings. The number of hydrogen-bond acceptors (Lipinski definition) is 3. The van der Waals surface area contributed by atoms with Crippen LogP contribution in [0.2, 0.25) is 0 Å². The molecule has 1 aromatic rings. The first-order chi connectivity index (χ1) is 7.27. The third-order valence-corrected chi connectivity index (χ3v) is 2.26. The van der Waals surface area contributed by atoms with Crippen LogP contribution >= 0.6 is 0 Å². The lowest BCUT2D eigenvalue weighted by Gasteiger charge is -2.10. The molecule has 0 aromatic heterocycles. The Bertz CT molecular complexity index is 271. The monoisotopic (exact) mass is 209 g/mol. The highest BCUT2D eigenvalue weighted by Gasteiger charge is 2.02. The van der Waals surface area contributed by atoms with Gasteiger partial charge < -0.3 is 15.2 Å². The van der Waals surface area contributed by atoms with Gasteiger partial charge in [-0.15, -0.1) is 0 Å². The van der Waals surface area contributed by atoms with Gasteiger partial charge in [-0.2, -0.15) is 0 Å². The van der Waals surface area contributed by atoms with Crippen molar-refractivity contribution in [2.75, 3.05) is 13.4 Å². The minimum absolute atomic E-state index is 0.117. The first-order valence-corrected chi connectivity index (χ1v) is 5.34. The minimum atomic E-state index is 0.117. The maximum atomic E-state index is 5.90. The SMILES string of the molecule is CCOCOc1ccc([C@@H](N)CC)cc1. The first-order valence-electron chi connectivity index (χ1n) is 5.34. The number of benzene rings is 1. The fraction of sp³-hybridized carbons (Fsp3) is 0.500. The number of rotatable bonds is 6. The average Bonchev–Trinajstić information content (AvgIpc) is 2.29. The van der Waals surface area contributed by atoms with Crippen LogP contribution < -0.4 is 10.5 Å². The van der Waals surface area contributed by atoms with Crippen molar-refractivity contribution in [1.29, 1.82) is 0 Å². The summed E-state index contributed by atoms with van der Waals surface area (Å²) in [6.45, 7) is 4.98. The van der Waals surface area contributed by atoms with Crippen LogP contribution in [0, 0.1) is 0 Å². The molecule has 0 amide bonds. The van der Waals surface area contributed by atoms with Crippen molar-refractivity contribution >= 4 is 0 Å². The molecule has 0 saturated carbocycles. The topological polar surface area (TPSA) is 44.5 Å². The molecule has 0 bridgehead atoms. The zero-order valence-electron chi connectivity index (χ0n) is 9.40. The maximum absolute atomic E-state index is 5.90. The Morgan fingerprint density at radius 3 is 2.40 bits per heavy atom. The third kappa shape index (κ3) is 3.90. The number of nitrogens with two attached hydrogens (primary N) is 1. The molecule has 0 radical (unpaired) electrons. The third-order valence-electron chi connectivity index (χ3n) is 2.26. The average molecular weight is 209 g/mol. The molecule has 1 aromatic carbocycles. The summed E-state index contributed by atoms with van der Waals surface area (Å²) < 4.78 is 10.4. The summed E-state index contributed by atoms with van der Waals surface area (Å²) in [7, 11) is 0. The van der Waals surface area contributed by atoms with Gasteiger partial charge in [-0.3, -0.25) is 0 Å². The second kappa shape index (κ2) is 6.43. The van der Waals surface area contributed by atoms with Crippen LogP contribution in [0.5, 0.6) is 5.75 Å². The van der Waals surface area contributed by atoms with Crippen molar-refractivity contribution in [2.45, 2.75) is 26.3 Å². The van der Waals surface area contributed by atoms with Gasteiger partial charge in [0.1, 0.15) is 5.75 Å². The molecule has 0 fully saturated rings. The summed E-state index contributed by atoms with van der Waals surface area (Å²) in [6.07, 6.45) is 0.944. The van der Waals surface area contributed by atoms with Gasteiger partial charge in [0.25, 0.3) is 0 Å². The summed E-state index contributed by atoms with van der Waals surface area (Å²) in [4.78, 5) is 0. The fourth-order valence-electron chi connectivity index (χ4n) is 1.24. The van der Waals surface area contributed by atoms with Crippen LogP contribution in [0.4, 0.5) is 0 Å². The van der Waals surface area contributed by atoms with Crippen molar-refractivity contribution < 1.29 is 9.47 Å². The predicted octanol–water partition coefficient (Wildman–Crippen LogP) is 2.47. The summed E-state index contributed by atoms with van der Waals surface area (Å²) in [6, 6.07) is 7.95. The Morgan fingerprint density at radius 2 is 1.87 bits per heavy atom. The quantitative estimate of drug-likeness (QED) is 0.578. The van der Waals surface area contributed by atoms with E-state index in [-0.39, 0.29) is 6.04 Å². The standard InChI is InChI=1S/C12H19NO2/c1-3-12(13)10-5-7-11(8-6-10)15-9-14-4-2/h5-8,12H,3-4,9,13H2,1-2H3/t12-/m0/s1. The van der Waals surface area contributed by atoms with E-state index >= 15 is 0 Å². The molecule has 0 aliphatic heterocycles. The second-order valence-corrected chi connectivity index (χ2v) is 3.34. The van der Waals surface area contributed by atoms with Crippen LogP contribution in [-0.4, -0.2) is 13.4 Å². The van der Waals surface area contributed by atoms with E-state index in [9.17, 15) is 0 Å². The summed E-state index contributed by atoms with van der Waals surface area (Å²) in [5.74, 6) is 0.815. The molecule has 3 nitrogen and oxygen atoms in total. The molecule has 1 atom stereocenters. The van der Waals surface area contributed by atoms with E-state index < -0.39 is 0 Å². The van der Waals surface area contributed by atoms with Crippen LogP contribution in [0.25, 0.3) is 0 Å². The zero-order chi connectivity index (χ0) is 11.1. The van der Waals surface area contributed by atoms with Crippen molar-refractivity contribution in [3.63, 3.8) is 0 Å². The van der Waals surface area contributed by atoms with Crippen molar-refractivity contribution in [1.82, 2.24) is 0 Å². The highest BCUT2D eigenvalue weighted by molar-refractivity contribution is 5.28. The lowest BCUT2D eigenvalue weighted by atomic mass is 10.1. The summed E-state index contributed by atoms with van der Waals surface area (Å²) >= 11 is 0. The van der Waals surface area contributed by atoms with Gasteiger partial charge in [0.05, 0.1) is 0 Å².